The maximum Gasteiger partial charge on any atom is 0 e. The summed E-state index contributed by atoms with van der Waals surface area (Å²) in [5, 5.41) is 0. The number of halogens is 3. The van der Waals surface area contributed by atoms with Gasteiger partial charge in [-0.15, -0.1) is 0 Å². The van der Waals surface area contributed by atoms with Crippen LogP contribution in [0, 0.1) is 26.1 Å². The Morgan fingerprint density at radius 1 is 1.00 bits per heavy atom. The van der Waals surface area contributed by atoms with Crippen molar-refractivity contribution in [3.8, 4) is 0 Å². The largest absolute Gasteiger partial charge is 0 e. The van der Waals surface area contributed by atoms with Gasteiger partial charge in [0.05, 0.1) is 0 Å². The van der Waals surface area contributed by atoms with E-state index in [1.54, 1.807) is 0 Å². The minimum absolute atomic E-state index is 0. The normalized spacial score (nSPS) is 4.50. The molecule has 0 bridgehead atoms. The number of hydrogen-bond donors (Lipinski definition) is 0. The average molecular weight is 494 g/mol. The summed E-state index contributed by atoms with van der Waals surface area (Å²) in [6.07, 6.45) is 0. The van der Waals surface area contributed by atoms with Gasteiger partial charge >= 0.3 is 52.5 Å². The van der Waals surface area contributed by atoms with E-state index in [9.17, 15) is 0 Å². The zero-order valence-electron chi connectivity index (χ0n) is 2.35. The van der Waals surface area contributed by atoms with Crippen LogP contribution >= 0.6 is 26.4 Å². The van der Waals surface area contributed by atoms with Crippen molar-refractivity contribution in [2.45, 2.75) is 0 Å². The minimum atomic E-state index is -1.22. The van der Waals surface area contributed by atoms with Crippen LogP contribution in [0.15, 0.2) is 0 Å². The molecule has 2 radical (unpaired) electrons. The Kier molecular flexibility index (Phi) is 31.8. The molecule has 0 heterocycles. The van der Waals surface area contributed by atoms with Crippen molar-refractivity contribution in [1.82, 2.24) is 0 Å². The molecule has 0 nitrogen and oxygen atoms in total. The minimum Gasteiger partial charge on any atom is 0 e. The molecule has 0 fully saturated rings. The Morgan fingerprint density at radius 2 is 1.00 bits per heavy atom. The quantitative estimate of drug-likeness (QED) is 0.455. The van der Waals surface area contributed by atoms with Crippen molar-refractivity contribution in [2.75, 3.05) is 0 Å². The molecule has 0 atom stereocenters. The van der Waals surface area contributed by atoms with Crippen LogP contribution in [-0.2, 0) is 33.8 Å². The van der Waals surface area contributed by atoms with Gasteiger partial charge in [-0.2, -0.15) is 0 Å². The summed E-state index contributed by atoms with van der Waals surface area (Å²) >= 11 is -1.22. The van der Waals surface area contributed by atoms with Crippen molar-refractivity contribution in [3.05, 3.63) is 0 Å². The number of rotatable bonds is 0. The van der Waals surface area contributed by atoms with Gasteiger partial charge in [0.2, 0.25) is 0 Å². The van der Waals surface area contributed by atoms with Gasteiger partial charge in [0.15, 0.2) is 0 Å². The molecule has 6 heteroatoms. The fourth-order valence-electron chi connectivity index (χ4n) is 0. The van der Waals surface area contributed by atoms with Crippen molar-refractivity contribution in [3.63, 3.8) is 0 Å². The van der Waals surface area contributed by atoms with Crippen LogP contribution < -0.4 is 0 Å². The third-order valence-electron chi connectivity index (χ3n) is 0. The van der Waals surface area contributed by atoms with Gasteiger partial charge in [0.25, 0.3) is 0 Å². The smallest absolute Gasteiger partial charge is 0 e. The third kappa shape index (κ3) is 24.9. The summed E-state index contributed by atoms with van der Waals surface area (Å²) in [4.78, 5) is 0. The van der Waals surface area contributed by atoms with Crippen LogP contribution in [0.25, 0.3) is 0 Å². The zero-order chi connectivity index (χ0) is 3.58. The van der Waals surface area contributed by atoms with Crippen LogP contribution in [0.5, 0.6) is 0 Å². The molecule has 0 aliphatic heterocycles. The standard InChI is InChI=1S/3BrH.Ce.Co.Mn/h3*1H;;;/q;;;+3;;/p-3. The maximum absolute atomic E-state index is 3.32. The first-order chi connectivity index (χ1) is 1.73. The Morgan fingerprint density at radius 3 is 1.00 bits per heavy atom. The molecule has 0 aromatic heterocycles. The van der Waals surface area contributed by atoms with E-state index in [0.29, 0.717) is 0 Å². The molecule has 41 valence electrons. The Balaban J connectivity index is -0.0000000450. The summed E-state index contributed by atoms with van der Waals surface area (Å²) in [6, 6.07) is 0. The van der Waals surface area contributed by atoms with Crippen LogP contribution in [0.4, 0.5) is 0 Å². The second kappa shape index (κ2) is 11.6. The van der Waals surface area contributed by atoms with Gasteiger partial charge < -0.3 is 0 Å². The van der Waals surface area contributed by atoms with Crippen LogP contribution in [0.1, 0.15) is 0 Å². The fourth-order valence-corrected chi connectivity index (χ4v) is 0. The monoisotopic (exact) mass is 491 g/mol. The van der Waals surface area contributed by atoms with E-state index in [2.05, 4.69) is 26.4 Å². The molecule has 0 aliphatic rings. The Labute approximate surface area is 83.5 Å². The molecule has 0 aromatic rings. The molecular formula is Br3CeCoMn. The van der Waals surface area contributed by atoms with E-state index in [-0.39, 0.29) is 33.8 Å². The SMILES string of the molecule is [Br][Ce]([Br])[Br].[Co].[Mn]. The zero-order valence-corrected chi connectivity index (χ0v) is 12.5. The van der Waals surface area contributed by atoms with Gasteiger partial charge in [-0.3, -0.25) is 0 Å². The summed E-state index contributed by atoms with van der Waals surface area (Å²) in [6.45, 7) is 0. The molecule has 0 aliphatic carbocycles. The first kappa shape index (κ1) is 16.4. The molecule has 0 unspecified atom stereocenters. The first-order valence-corrected chi connectivity index (χ1v) is 21.4. The van der Waals surface area contributed by atoms with Crippen LogP contribution in [-0.4, -0.2) is 0 Å². The summed E-state index contributed by atoms with van der Waals surface area (Å²) in [7, 11) is 9.95. The van der Waals surface area contributed by atoms with Gasteiger partial charge in [-0.1, -0.05) is 0 Å². The summed E-state index contributed by atoms with van der Waals surface area (Å²) in [5.41, 5.74) is 0. The van der Waals surface area contributed by atoms with E-state index in [1.165, 1.54) is 0 Å². The topological polar surface area (TPSA) is 0 Å². The molecule has 0 spiro atoms. The maximum atomic E-state index is 3.32. The van der Waals surface area contributed by atoms with Gasteiger partial charge in [-0.05, 0) is 0 Å². The Bertz CT molecular complexity index is 15.5. The Hall–Kier alpha value is 3.84. The molecule has 0 rings (SSSR count). The molecule has 6 heavy (non-hydrogen) atoms. The van der Waals surface area contributed by atoms with E-state index < -0.39 is 26.1 Å². The second-order valence-electron chi connectivity index (χ2n) is 0.214. The molecular weight excluding hydrogens is 494 g/mol. The predicted molar refractivity (Wildman–Crippen MR) is 26.8 cm³/mol. The fraction of sp³-hybridized carbons (Fsp3) is 0. The average Bonchev–Trinajstić information content (AvgIpc) is 0.811. The summed E-state index contributed by atoms with van der Waals surface area (Å²) < 4.78 is 0. The molecule has 0 amide bonds. The second-order valence-corrected chi connectivity index (χ2v) is 42.1. The van der Waals surface area contributed by atoms with E-state index >= 15 is 0 Å². The van der Waals surface area contributed by atoms with Crippen LogP contribution in [0.2, 0.25) is 0 Å². The van der Waals surface area contributed by atoms with Crippen molar-refractivity contribution < 1.29 is 59.9 Å². The molecule has 0 saturated heterocycles. The van der Waals surface area contributed by atoms with Gasteiger partial charge in [0.1, 0.15) is 0 Å². The van der Waals surface area contributed by atoms with Crippen molar-refractivity contribution in [1.29, 1.82) is 0 Å². The van der Waals surface area contributed by atoms with Gasteiger partial charge in [-0.25, -0.2) is 0 Å². The number of hydrogen-bond acceptors (Lipinski definition) is 0. The summed E-state index contributed by atoms with van der Waals surface area (Å²) in [5.74, 6) is 0. The van der Waals surface area contributed by atoms with Crippen molar-refractivity contribution >= 4 is 26.4 Å². The molecule has 0 aromatic carbocycles. The van der Waals surface area contributed by atoms with Crippen LogP contribution in [0.3, 0.4) is 0 Å². The third-order valence-corrected chi connectivity index (χ3v) is 0. The van der Waals surface area contributed by atoms with E-state index in [0.717, 1.165) is 0 Å². The first-order valence-electron chi connectivity index (χ1n) is 0.567. The van der Waals surface area contributed by atoms with E-state index in [1.807, 2.05) is 0 Å². The molecule has 0 saturated carbocycles. The van der Waals surface area contributed by atoms with Gasteiger partial charge in [0, 0.05) is 33.8 Å². The predicted octanol–water partition coefficient (Wildman–Crippen LogP) is 2.53. The van der Waals surface area contributed by atoms with Crippen molar-refractivity contribution in [2.24, 2.45) is 0 Å². The van der Waals surface area contributed by atoms with E-state index in [4.69, 9.17) is 0 Å². The molecule has 0 N–H and O–H groups in total.